The summed E-state index contributed by atoms with van der Waals surface area (Å²) >= 11 is 0. The zero-order valence-corrected chi connectivity index (χ0v) is 12.8. The van der Waals surface area contributed by atoms with E-state index in [0.717, 1.165) is 42.0 Å². The molecule has 0 aliphatic carbocycles. The molecule has 3 heterocycles. The van der Waals surface area contributed by atoms with Crippen molar-refractivity contribution in [2.45, 2.75) is 18.9 Å². The molecule has 0 amide bonds. The molecule has 1 atom stereocenters. The highest BCUT2D eigenvalue weighted by Crippen LogP contribution is 2.50. The molecular formula is C18H17NO4. The molecule has 1 N–H and O–H groups in total. The van der Waals surface area contributed by atoms with Gasteiger partial charge in [0.15, 0.2) is 23.0 Å². The molecule has 5 nitrogen and oxygen atoms in total. The van der Waals surface area contributed by atoms with Gasteiger partial charge >= 0.3 is 0 Å². The fourth-order valence-corrected chi connectivity index (χ4v) is 3.79. The van der Waals surface area contributed by atoms with Crippen LogP contribution in [0.4, 0.5) is 0 Å². The zero-order chi connectivity index (χ0) is 15.6. The minimum Gasteiger partial charge on any atom is -0.504 e. The molecule has 118 valence electrons. The molecule has 0 saturated heterocycles. The number of ether oxygens (including phenoxy) is 3. The SMILES string of the molecule is CN1CCc2ccc(O)c3c2C1Cc1cc2c(cc1O3)OCO2. The molecule has 3 aliphatic heterocycles. The summed E-state index contributed by atoms with van der Waals surface area (Å²) < 4.78 is 17.1. The first-order valence-corrected chi connectivity index (χ1v) is 7.86. The molecule has 0 fully saturated rings. The second-order valence-electron chi connectivity index (χ2n) is 6.35. The van der Waals surface area contributed by atoms with Crippen molar-refractivity contribution >= 4 is 0 Å². The second kappa shape index (κ2) is 4.55. The van der Waals surface area contributed by atoms with Gasteiger partial charge in [0, 0.05) is 29.8 Å². The molecule has 0 radical (unpaired) electrons. The van der Waals surface area contributed by atoms with E-state index < -0.39 is 0 Å². The number of phenolic OH excluding ortho intramolecular Hbond substituents is 1. The van der Waals surface area contributed by atoms with Crippen molar-refractivity contribution in [3.63, 3.8) is 0 Å². The zero-order valence-electron chi connectivity index (χ0n) is 12.8. The number of fused-ring (bicyclic) bond motifs is 2. The second-order valence-corrected chi connectivity index (χ2v) is 6.35. The number of hydrogen-bond donors (Lipinski definition) is 1. The molecule has 2 aromatic rings. The van der Waals surface area contributed by atoms with Crippen LogP contribution < -0.4 is 14.2 Å². The van der Waals surface area contributed by atoms with Gasteiger partial charge in [-0.05, 0) is 37.6 Å². The summed E-state index contributed by atoms with van der Waals surface area (Å²) in [4.78, 5) is 2.33. The van der Waals surface area contributed by atoms with E-state index in [9.17, 15) is 5.11 Å². The van der Waals surface area contributed by atoms with Crippen molar-refractivity contribution in [3.05, 3.63) is 41.0 Å². The third-order valence-corrected chi connectivity index (χ3v) is 5.05. The van der Waals surface area contributed by atoms with E-state index in [2.05, 4.69) is 11.9 Å². The number of rotatable bonds is 0. The number of phenols is 1. The normalized spacial score (nSPS) is 21.2. The lowest BCUT2D eigenvalue weighted by molar-refractivity contribution is 0.173. The first kappa shape index (κ1) is 13.1. The van der Waals surface area contributed by atoms with Crippen molar-refractivity contribution in [2.24, 2.45) is 0 Å². The van der Waals surface area contributed by atoms with E-state index in [1.165, 1.54) is 5.56 Å². The van der Waals surface area contributed by atoms with Crippen molar-refractivity contribution in [1.29, 1.82) is 0 Å². The molecule has 2 aromatic carbocycles. The lowest BCUT2D eigenvalue weighted by Gasteiger charge is -2.34. The predicted octanol–water partition coefficient (Wildman–Crippen LogP) is 3.00. The Bertz CT molecular complexity index is 817. The summed E-state index contributed by atoms with van der Waals surface area (Å²) in [5.74, 6) is 2.97. The summed E-state index contributed by atoms with van der Waals surface area (Å²) in [6.07, 6.45) is 1.80. The Balaban J connectivity index is 1.73. The Kier molecular flexibility index (Phi) is 2.59. The summed E-state index contributed by atoms with van der Waals surface area (Å²) in [5.41, 5.74) is 3.44. The van der Waals surface area contributed by atoms with Crippen molar-refractivity contribution < 1.29 is 19.3 Å². The molecule has 0 spiro atoms. The molecule has 5 rings (SSSR count). The smallest absolute Gasteiger partial charge is 0.231 e. The topological polar surface area (TPSA) is 51.2 Å². The van der Waals surface area contributed by atoms with Gasteiger partial charge in [-0.1, -0.05) is 6.07 Å². The summed E-state index contributed by atoms with van der Waals surface area (Å²) in [6, 6.07) is 7.81. The van der Waals surface area contributed by atoms with Gasteiger partial charge in [0.25, 0.3) is 0 Å². The number of likely N-dealkylation sites (N-methyl/N-ethyl adjacent to an activating group) is 1. The number of hydrogen-bond acceptors (Lipinski definition) is 5. The molecule has 0 bridgehead atoms. The molecule has 5 heteroatoms. The quantitative estimate of drug-likeness (QED) is 0.810. The van der Waals surface area contributed by atoms with Gasteiger partial charge in [-0.15, -0.1) is 0 Å². The van der Waals surface area contributed by atoms with Crippen molar-refractivity contribution in [3.8, 4) is 28.7 Å². The standard InChI is InChI=1S/C18H17NO4/c1-19-5-4-10-2-3-13(20)18-17(10)12(19)6-11-7-15-16(22-9-21-15)8-14(11)23-18/h2-3,7-8,12,20H,4-6,9H2,1H3. The van der Waals surface area contributed by atoms with Crippen LogP contribution >= 0.6 is 0 Å². The van der Waals surface area contributed by atoms with E-state index >= 15 is 0 Å². The first-order valence-electron chi connectivity index (χ1n) is 7.86. The van der Waals surface area contributed by atoms with E-state index in [4.69, 9.17) is 14.2 Å². The fourth-order valence-electron chi connectivity index (χ4n) is 3.79. The molecule has 0 aromatic heterocycles. The molecule has 23 heavy (non-hydrogen) atoms. The Morgan fingerprint density at radius 3 is 2.78 bits per heavy atom. The predicted molar refractivity (Wildman–Crippen MR) is 83.5 cm³/mol. The van der Waals surface area contributed by atoms with E-state index in [-0.39, 0.29) is 18.6 Å². The van der Waals surface area contributed by atoms with E-state index in [0.29, 0.717) is 11.5 Å². The van der Waals surface area contributed by atoms with Crippen LogP contribution in [0.25, 0.3) is 0 Å². The first-order chi connectivity index (χ1) is 11.2. The van der Waals surface area contributed by atoms with Gasteiger partial charge in [0.05, 0.1) is 0 Å². The fraction of sp³-hybridized carbons (Fsp3) is 0.333. The average Bonchev–Trinajstić information content (AvgIpc) is 2.92. The lowest BCUT2D eigenvalue weighted by Crippen LogP contribution is -2.33. The lowest BCUT2D eigenvalue weighted by atomic mass is 9.88. The molecular weight excluding hydrogens is 294 g/mol. The Labute approximate surface area is 134 Å². The monoisotopic (exact) mass is 311 g/mol. The summed E-state index contributed by atoms with van der Waals surface area (Å²) in [7, 11) is 2.12. The van der Waals surface area contributed by atoms with Gasteiger partial charge in [-0.2, -0.15) is 0 Å². The Hall–Kier alpha value is -2.40. The van der Waals surface area contributed by atoms with Gasteiger partial charge in [0.2, 0.25) is 6.79 Å². The minimum absolute atomic E-state index is 0.189. The van der Waals surface area contributed by atoms with Crippen LogP contribution in [0.15, 0.2) is 24.3 Å². The highest BCUT2D eigenvalue weighted by Gasteiger charge is 2.34. The Morgan fingerprint density at radius 1 is 1.09 bits per heavy atom. The Morgan fingerprint density at radius 2 is 1.91 bits per heavy atom. The maximum absolute atomic E-state index is 10.3. The van der Waals surface area contributed by atoms with Crippen LogP contribution in [-0.4, -0.2) is 30.4 Å². The van der Waals surface area contributed by atoms with Gasteiger partial charge < -0.3 is 19.3 Å². The number of benzene rings is 2. The summed E-state index contributed by atoms with van der Waals surface area (Å²) in [5, 5.41) is 10.3. The van der Waals surface area contributed by atoms with Crippen molar-refractivity contribution in [1.82, 2.24) is 4.90 Å². The van der Waals surface area contributed by atoms with Crippen LogP contribution in [0.2, 0.25) is 0 Å². The molecule has 1 unspecified atom stereocenters. The van der Waals surface area contributed by atoms with Gasteiger partial charge in [-0.3, -0.25) is 4.90 Å². The third kappa shape index (κ3) is 1.83. The molecule has 0 saturated carbocycles. The average molecular weight is 311 g/mol. The van der Waals surface area contributed by atoms with Crippen LogP contribution in [0.5, 0.6) is 28.7 Å². The highest BCUT2D eigenvalue weighted by atomic mass is 16.7. The van der Waals surface area contributed by atoms with Crippen LogP contribution in [0.1, 0.15) is 22.7 Å². The number of aromatic hydroxyl groups is 1. The van der Waals surface area contributed by atoms with Crippen LogP contribution in [-0.2, 0) is 12.8 Å². The van der Waals surface area contributed by atoms with Gasteiger partial charge in [-0.25, -0.2) is 0 Å². The largest absolute Gasteiger partial charge is 0.504 e. The maximum Gasteiger partial charge on any atom is 0.231 e. The van der Waals surface area contributed by atoms with E-state index in [1.807, 2.05) is 18.2 Å². The highest BCUT2D eigenvalue weighted by molar-refractivity contribution is 5.60. The summed E-state index contributed by atoms with van der Waals surface area (Å²) in [6.45, 7) is 1.25. The van der Waals surface area contributed by atoms with Crippen molar-refractivity contribution in [2.75, 3.05) is 20.4 Å². The van der Waals surface area contributed by atoms with Gasteiger partial charge in [0.1, 0.15) is 5.75 Å². The van der Waals surface area contributed by atoms with Crippen LogP contribution in [0.3, 0.4) is 0 Å². The third-order valence-electron chi connectivity index (χ3n) is 5.05. The maximum atomic E-state index is 10.3. The number of nitrogens with zero attached hydrogens (tertiary/aromatic N) is 1. The molecule has 3 aliphatic rings. The minimum atomic E-state index is 0.189. The van der Waals surface area contributed by atoms with Crippen LogP contribution in [0, 0.1) is 0 Å². The van der Waals surface area contributed by atoms with E-state index in [1.54, 1.807) is 6.07 Å².